The van der Waals surface area contributed by atoms with Gasteiger partial charge in [0.25, 0.3) is 0 Å². The highest BCUT2D eigenvalue weighted by molar-refractivity contribution is 6.02. The van der Waals surface area contributed by atoms with E-state index >= 15 is 0 Å². The number of nitrogens with one attached hydrogen (secondary N) is 1. The molecule has 28 heavy (non-hydrogen) atoms. The van der Waals surface area contributed by atoms with Crippen LogP contribution in [0.5, 0.6) is 11.5 Å². The minimum absolute atomic E-state index is 0.130. The third kappa shape index (κ3) is 5.67. The summed E-state index contributed by atoms with van der Waals surface area (Å²) >= 11 is 0. The van der Waals surface area contributed by atoms with Crippen molar-refractivity contribution in [2.45, 2.75) is 20.5 Å². The number of hydrogen-bond acceptors (Lipinski definition) is 5. The normalized spacial score (nSPS) is 10.9. The maximum absolute atomic E-state index is 12.7. The second-order valence-corrected chi connectivity index (χ2v) is 5.66. The first-order chi connectivity index (χ1) is 13.5. The molecule has 1 aromatic heterocycles. The van der Waals surface area contributed by atoms with Gasteiger partial charge in [0, 0.05) is 24.7 Å². The molecule has 0 radical (unpaired) electrons. The summed E-state index contributed by atoms with van der Waals surface area (Å²) < 4.78 is 34.9. The maximum atomic E-state index is 12.7. The Morgan fingerprint density at radius 3 is 2.57 bits per heavy atom. The minimum atomic E-state index is -3.01. The van der Waals surface area contributed by atoms with Crippen molar-refractivity contribution < 1.29 is 23.0 Å². The van der Waals surface area contributed by atoms with Crippen molar-refractivity contribution in [3.05, 3.63) is 48.2 Å². The summed E-state index contributed by atoms with van der Waals surface area (Å²) in [5.41, 5.74) is 0.824. The molecule has 0 aliphatic heterocycles. The largest absolute Gasteiger partial charge is 0.493 e. The summed E-state index contributed by atoms with van der Waals surface area (Å²) in [6, 6.07) is 8.24. The molecule has 150 valence electrons. The maximum Gasteiger partial charge on any atom is 0.387 e. The van der Waals surface area contributed by atoms with E-state index in [1.807, 2.05) is 19.9 Å². The Morgan fingerprint density at radius 2 is 2.00 bits per heavy atom. The number of amides is 1. The number of methoxy groups -OCH3 is 1. The van der Waals surface area contributed by atoms with E-state index in [0.717, 1.165) is 18.9 Å². The van der Waals surface area contributed by atoms with Crippen LogP contribution in [0.2, 0.25) is 0 Å². The van der Waals surface area contributed by atoms with E-state index in [1.165, 1.54) is 25.3 Å². The Bertz CT molecular complexity index is 807. The van der Waals surface area contributed by atoms with Crippen molar-refractivity contribution >= 4 is 23.5 Å². The molecule has 1 heterocycles. The van der Waals surface area contributed by atoms with Crippen molar-refractivity contribution in [2.24, 2.45) is 0 Å². The van der Waals surface area contributed by atoms with E-state index < -0.39 is 12.5 Å². The zero-order chi connectivity index (χ0) is 20.5. The summed E-state index contributed by atoms with van der Waals surface area (Å²) in [6.45, 7) is 2.74. The molecule has 0 spiro atoms. The highest BCUT2D eigenvalue weighted by Crippen LogP contribution is 2.33. The fourth-order valence-electron chi connectivity index (χ4n) is 2.58. The van der Waals surface area contributed by atoms with Crippen molar-refractivity contribution in [1.82, 2.24) is 4.98 Å². The fourth-order valence-corrected chi connectivity index (χ4v) is 2.58. The van der Waals surface area contributed by atoms with Crippen LogP contribution in [-0.4, -0.2) is 37.7 Å². The van der Waals surface area contributed by atoms with Gasteiger partial charge in [-0.2, -0.15) is 8.78 Å². The number of halogens is 2. The predicted molar refractivity (Wildman–Crippen MR) is 105 cm³/mol. The van der Waals surface area contributed by atoms with E-state index in [2.05, 4.69) is 19.9 Å². The molecule has 8 heteroatoms. The Morgan fingerprint density at radius 1 is 1.25 bits per heavy atom. The second-order valence-electron chi connectivity index (χ2n) is 5.66. The number of aromatic nitrogens is 1. The first kappa shape index (κ1) is 21.1. The number of anilines is 2. The molecule has 0 fully saturated rings. The smallest absolute Gasteiger partial charge is 0.387 e. The van der Waals surface area contributed by atoms with Crippen LogP contribution in [0.25, 0.3) is 6.08 Å². The lowest BCUT2D eigenvalue weighted by Gasteiger charge is -2.19. The zero-order valence-corrected chi connectivity index (χ0v) is 16.0. The number of para-hydroxylation sites is 1. The monoisotopic (exact) mass is 391 g/mol. The summed E-state index contributed by atoms with van der Waals surface area (Å²) in [4.78, 5) is 18.6. The van der Waals surface area contributed by atoms with Gasteiger partial charge >= 0.3 is 6.61 Å². The molecule has 0 aliphatic rings. The molecule has 0 unspecified atom stereocenters. The standard InChI is InChI=1S/C20H23F2N3O3/c1-4-25(5-2)17-11-10-15(13-23-17)24-18(26)12-9-14-7-6-8-16(27-3)19(14)28-20(21)22/h6-13,20H,4-5H2,1-3H3,(H,24,26). The van der Waals surface area contributed by atoms with E-state index in [1.54, 1.807) is 24.4 Å². The molecule has 0 saturated carbocycles. The average Bonchev–Trinajstić information content (AvgIpc) is 2.69. The summed E-state index contributed by atoms with van der Waals surface area (Å²) in [6.07, 6.45) is 4.18. The molecule has 0 saturated heterocycles. The van der Waals surface area contributed by atoms with Crippen LogP contribution in [0.3, 0.4) is 0 Å². The number of rotatable bonds is 9. The first-order valence-electron chi connectivity index (χ1n) is 8.80. The number of benzene rings is 1. The number of carbonyl (C=O) groups is 1. The molecule has 1 amide bonds. The number of ether oxygens (including phenoxy) is 2. The minimum Gasteiger partial charge on any atom is -0.493 e. The van der Waals surface area contributed by atoms with Gasteiger partial charge in [-0.1, -0.05) is 12.1 Å². The summed E-state index contributed by atoms with van der Waals surface area (Å²) in [5, 5.41) is 2.68. The number of pyridine rings is 1. The number of hydrogen-bond donors (Lipinski definition) is 1. The predicted octanol–water partition coefficient (Wildman–Crippen LogP) is 4.19. The number of carbonyl (C=O) groups excluding carboxylic acids is 1. The third-order valence-corrected chi connectivity index (χ3v) is 3.95. The van der Waals surface area contributed by atoms with Crippen LogP contribution in [0.1, 0.15) is 19.4 Å². The van der Waals surface area contributed by atoms with Crippen LogP contribution in [0.4, 0.5) is 20.3 Å². The van der Waals surface area contributed by atoms with Gasteiger partial charge in [0.2, 0.25) is 5.91 Å². The van der Waals surface area contributed by atoms with Gasteiger partial charge in [-0.3, -0.25) is 4.79 Å². The van der Waals surface area contributed by atoms with E-state index in [9.17, 15) is 13.6 Å². The van der Waals surface area contributed by atoms with Gasteiger partial charge < -0.3 is 19.7 Å². The van der Waals surface area contributed by atoms with Crippen molar-refractivity contribution in [1.29, 1.82) is 0 Å². The second kappa shape index (κ2) is 10.2. The van der Waals surface area contributed by atoms with Crippen LogP contribution < -0.4 is 19.7 Å². The van der Waals surface area contributed by atoms with Crippen LogP contribution in [0, 0.1) is 0 Å². The van der Waals surface area contributed by atoms with Gasteiger partial charge in [-0.15, -0.1) is 0 Å². The molecular weight excluding hydrogens is 368 g/mol. The topological polar surface area (TPSA) is 63.7 Å². The third-order valence-electron chi connectivity index (χ3n) is 3.95. The van der Waals surface area contributed by atoms with Crippen LogP contribution in [-0.2, 0) is 4.79 Å². The lowest BCUT2D eigenvalue weighted by atomic mass is 10.1. The number of alkyl halides is 2. The highest BCUT2D eigenvalue weighted by atomic mass is 19.3. The van der Waals surface area contributed by atoms with Crippen molar-refractivity contribution in [3.63, 3.8) is 0 Å². The lowest BCUT2D eigenvalue weighted by Crippen LogP contribution is -2.22. The van der Waals surface area contributed by atoms with E-state index in [0.29, 0.717) is 11.3 Å². The van der Waals surface area contributed by atoms with E-state index in [4.69, 9.17) is 4.74 Å². The quantitative estimate of drug-likeness (QED) is 0.650. The van der Waals surface area contributed by atoms with Gasteiger partial charge in [-0.05, 0) is 38.1 Å². The van der Waals surface area contributed by atoms with E-state index in [-0.39, 0.29) is 11.5 Å². The average molecular weight is 391 g/mol. The SMILES string of the molecule is CCN(CC)c1ccc(NC(=O)C=Cc2cccc(OC)c2OC(F)F)cn1. The summed E-state index contributed by atoms with van der Waals surface area (Å²) in [7, 11) is 1.35. The van der Waals surface area contributed by atoms with Gasteiger partial charge in [0.05, 0.1) is 19.0 Å². The molecule has 2 rings (SSSR count). The van der Waals surface area contributed by atoms with Crippen LogP contribution >= 0.6 is 0 Å². The zero-order valence-electron chi connectivity index (χ0n) is 16.0. The Labute approximate surface area is 162 Å². The molecule has 2 aromatic rings. The van der Waals surface area contributed by atoms with Gasteiger partial charge in [0.15, 0.2) is 11.5 Å². The first-order valence-corrected chi connectivity index (χ1v) is 8.80. The Hall–Kier alpha value is -3.16. The molecule has 0 aliphatic carbocycles. The molecular formula is C20H23F2N3O3. The molecule has 1 aromatic carbocycles. The Balaban J connectivity index is 2.10. The molecule has 0 bridgehead atoms. The molecule has 0 atom stereocenters. The van der Waals surface area contributed by atoms with Crippen molar-refractivity contribution in [2.75, 3.05) is 30.4 Å². The Kier molecular flexibility index (Phi) is 7.74. The van der Waals surface area contributed by atoms with Gasteiger partial charge in [0.1, 0.15) is 5.82 Å². The molecule has 6 nitrogen and oxygen atoms in total. The lowest BCUT2D eigenvalue weighted by molar-refractivity contribution is -0.111. The number of nitrogens with zero attached hydrogens (tertiary/aromatic N) is 2. The van der Waals surface area contributed by atoms with Crippen LogP contribution in [0.15, 0.2) is 42.6 Å². The molecule has 1 N–H and O–H groups in total. The highest BCUT2D eigenvalue weighted by Gasteiger charge is 2.14. The fraction of sp³-hybridized carbons (Fsp3) is 0.300. The van der Waals surface area contributed by atoms with Crippen molar-refractivity contribution in [3.8, 4) is 11.5 Å². The summed E-state index contributed by atoms with van der Waals surface area (Å²) in [5.74, 6) is 0.417. The van der Waals surface area contributed by atoms with Gasteiger partial charge in [-0.25, -0.2) is 4.98 Å².